The summed E-state index contributed by atoms with van der Waals surface area (Å²) in [5.74, 6) is -1.61. The molecule has 13 heavy (non-hydrogen) atoms. The third-order valence-electron chi connectivity index (χ3n) is 1.95. The van der Waals surface area contributed by atoms with E-state index < -0.39 is 16.7 Å². The smallest absolute Gasteiger partial charge is 0.148 e. The second-order valence-electron chi connectivity index (χ2n) is 2.90. The van der Waals surface area contributed by atoms with E-state index in [0.29, 0.717) is 12.1 Å². The molecule has 0 saturated carbocycles. The first-order chi connectivity index (χ1) is 6.07. The highest BCUT2D eigenvalue weighted by Crippen LogP contribution is 2.26. The maximum absolute atomic E-state index is 13.3. The van der Waals surface area contributed by atoms with Crippen LogP contribution in [0, 0.1) is 11.6 Å². The van der Waals surface area contributed by atoms with Gasteiger partial charge in [-0.05, 0) is 24.1 Å². The quantitative estimate of drug-likeness (QED) is 0.739. The summed E-state index contributed by atoms with van der Waals surface area (Å²) >= 11 is 5.39. The fourth-order valence-electron chi connectivity index (χ4n) is 1.05. The molecule has 0 amide bonds. The van der Waals surface area contributed by atoms with Crippen LogP contribution in [0.5, 0.6) is 0 Å². The SMILES string of the molecule is CC(CN)c1ccc(F)c(Cl)c1F. The highest BCUT2D eigenvalue weighted by molar-refractivity contribution is 6.30. The molecule has 0 aromatic heterocycles. The van der Waals surface area contributed by atoms with Crippen LogP contribution in [0.2, 0.25) is 5.02 Å². The third-order valence-corrected chi connectivity index (χ3v) is 2.30. The average Bonchev–Trinajstić information content (AvgIpc) is 2.13. The van der Waals surface area contributed by atoms with Crippen molar-refractivity contribution in [1.29, 1.82) is 0 Å². The van der Waals surface area contributed by atoms with Crippen LogP contribution >= 0.6 is 11.6 Å². The van der Waals surface area contributed by atoms with E-state index in [1.807, 2.05) is 0 Å². The molecule has 1 unspecified atom stereocenters. The first-order valence-corrected chi connectivity index (χ1v) is 4.29. The van der Waals surface area contributed by atoms with Crippen molar-refractivity contribution in [2.45, 2.75) is 12.8 Å². The summed E-state index contributed by atoms with van der Waals surface area (Å²) in [6.45, 7) is 2.06. The number of halogens is 3. The Morgan fingerprint density at radius 3 is 2.62 bits per heavy atom. The second kappa shape index (κ2) is 4.03. The van der Waals surface area contributed by atoms with Crippen molar-refractivity contribution in [2.75, 3.05) is 6.54 Å². The number of benzene rings is 1. The van der Waals surface area contributed by atoms with Gasteiger partial charge in [0.05, 0.1) is 0 Å². The Bertz CT molecular complexity index is 315. The first kappa shape index (κ1) is 10.4. The lowest BCUT2D eigenvalue weighted by Gasteiger charge is -2.10. The molecule has 2 N–H and O–H groups in total. The van der Waals surface area contributed by atoms with Crippen LogP contribution in [-0.4, -0.2) is 6.54 Å². The lowest BCUT2D eigenvalue weighted by molar-refractivity contribution is 0.561. The fourth-order valence-corrected chi connectivity index (χ4v) is 1.22. The molecule has 0 saturated heterocycles. The van der Waals surface area contributed by atoms with E-state index in [1.165, 1.54) is 6.07 Å². The molecule has 0 heterocycles. The van der Waals surface area contributed by atoms with Gasteiger partial charge in [-0.2, -0.15) is 0 Å². The van der Waals surface area contributed by atoms with Gasteiger partial charge in [0.2, 0.25) is 0 Å². The average molecular weight is 206 g/mol. The van der Waals surface area contributed by atoms with E-state index in [4.69, 9.17) is 17.3 Å². The lowest BCUT2D eigenvalue weighted by Crippen LogP contribution is -2.10. The van der Waals surface area contributed by atoms with Crippen LogP contribution in [0.1, 0.15) is 18.4 Å². The zero-order valence-corrected chi connectivity index (χ0v) is 7.91. The third kappa shape index (κ3) is 1.98. The molecule has 1 atom stereocenters. The highest BCUT2D eigenvalue weighted by atomic mass is 35.5. The second-order valence-corrected chi connectivity index (χ2v) is 3.28. The van der Waals surface area contributed by atoms with Gasteiger partial charge in [0.25, 0.3) is 0 Å². The van der Waals surface area contributed by atoms with E-state index in [1.54, 1.807) is 6.92 Å². The Balaban J connectivity index is 3.18. The normalized spacial score (nSPS) is 13.0. The number of hydrogen-bond acceptors (Lipinski definition) is 1. The fraction of sp³-hybridized carbons (Fsp3) is 0.333. The molecule has 0 aliphatic heterocycles. The molecule has 1 nitrogen and oxygen atoms in total. The van der Waals surface area contributed by atoms with Crippen LogP contribution in [0.15, 0.2) is 12.1 Å². The van der Waals surface area contributed by atoms with E-state index in [9.17, 15) is 8.78 Å². The minimum Gasteiger partial charge on any atom is -0.330 e. The van der Waals surface area contributed by atoms with Crippen LogP contribution in [0.4, 0.5) is 8.78 Å². The van der Waals surface area contributed by atoms with Crippen molar-refractivity contribution >= 4 is 11.6 Å². The van der Waals surface area contributed by atoms with E-state index in [-0.39, 0.29) is 5.92 Å². The Morgan fingerprint density at radius 1 is 1.46 bits per heavy atom. The molecule has 72 valence electrons. The molecule has 0 bridgehead atoms. The molecule has 0 spiro atoms. The molecule has 1 rings (SSSR count). The van der Waals surface area contributed by atoms with Gasteiger partial charge in [-0.15, -0.1) is 0 Å². The largest absolute Gasteiger partial charge is 0.330 e. The Kier molecular flexibility index (Phi) is 3.22. The van der Waals surface area contributed by atoms with Crippen molar-refractivity contribution in [2.24, 2.45) is 5.73 Å². The Labute approximate surface area is 80.5 Å². The van der Waals surface area contributed by atoms with E-state index in [0.717, 1.165) is 6.07 Å². The predicted octanol–water partition coefficient (Wildman–Crippen LogP) is 2.68. The molecule has 0 aliphatic rings. The summed E-state index contributed by atoms with van der Waals surface area (Å²) < 4.78 is 26.0. The minimum atomic E-state index is -0.743. The molecular formula is C9H10ClF2N. The van der Waals surface area contributed by atoms with Gasteiger partial charge in [0.15, 0.2) is 0 Å². The van der Waals surface area contributed by atoms with Gasteiger partial charge in [0.1, 0.15) is 16.7 Å². The van der Waals surface area contributed by atoms with Gasteiger partial charge in [-0.3, -0.25) is 0 Å². The summed E-state index contributed by atoms with van der Waals surface area (Å²) in [6.07, 6.45) is 0. The first-order valence-electron chi connectivity index (χ1n) is 3.91. The maximum atomic E-state index is 13.3. The highest BCUT2D eigenvalue weighted by Gasteiger charge is 2.15. The van der Waals surface area contributed by atoms with E-state index >= 15 is 0 Å². The zero-order valence-electron chi connectivity index (χ0n) is 7.15. The van der Waals surface area contributed by atoms with Crippen LogP contribution in [0.3, 0.4) is 0 Å². The topological polar surface area (TPSA) is 26.0 Å². The van der Waals surface area contributed by atoms with Gasteiger partial charge >= 0.3 is 0 Å². The summed E-state index contributed by atoms with van der Waals surface area (Å²) in [5.41, 5.74) is 5.71. The van der Waals surface area contributed by atoms with E-state index in [2.05, 4.69) is 0 Å². The van der Waals surface area contributed by atoms with Crippen LogP contribution in [0.25, 0.3) is 0 Å². The summed E-state index contributed by atoms with van der Waals surface area (Å²) in [7, 11) is 0. The number of rotatable bonds is 2. The van der Waals surface area contributed by atoms with Crippen molar-refractivity contribution < 1.29 is 8.78 Å². The van der Waals surface area contributed by atoms with Crippen molar-refractivity contribution in [3.05, 3.63) is 34.4 Å². The molecule has 4 heteroatoms. The number of nitrogens with two attached hydrogens (primary N) is 1. The summed E-state index contributed by atoms with van der Waals surface area (Å²) in [5, 5.41) is -0.460. The predicted molar refractivity (Wildman–Crippen MR) is 48.8 cm³/mol. The van der Waals surface area contributed by atoms with Gasteiger partial charge < -0.3 is 5.73 Å². The number of hydrogen-bond donors (Lipinski definition) is 1. The maximum Gasteiger partial charge on any atom is 0.148 e. The summed E-state index contributed by atoms with van der Waals surface area (Å²) in [6, 6.07) is 2.51. The molecule has 0 fully saturated rings. The van der Waals surface area contributed by atoms with Gasteiger partial charge in [-0.1, -0.05) is 24.6 Å². The zero-order chi connectivity index (χ0) is 10.0. The van der Waals surface area contributed by atoms with Crippen molar-refractivity contribution in [3.8, 4) is 0 Å². The standard InChI is InChI=1S/C9H10ClF2N/c1-5(4-13)6-2-3-7(11)8(10)9(6)12/h2-3,5H,4,13H2,1H3. The van der Waals surface area contributed by atoms with Crippen molar-refractivity contribution in [1.82, 2.24) is 0 Å². The summed E-state index contributed by atoms with van der Waals surface area (Å²) in [4.78, 5) is 0. The van der Waals surface area contributed by atoms with Crippen LogP contribution in [-0.2, 0) is 0 Å². The van der Waals surface area contributed by atoms with Gasteiger partial charge in [0, 0.05) is 0 Å². The molecule has 0 aliphatic carbocycles. The van der Waals surface area contributed by atoms with Crippen molar-refractivity contribution in [3.63, 3.8) is 0 Å². The van der Waals surface area contributed by atoms with Gasteiger partial charge in [-0.25, -0.2) is 8.78 Å². The lowest BCUT2D eigenvalue weighted by atomic mass is 10.0. The molecular weight excluding hydrogens is 196 g/mol. The minimum absolute atomic E-state index is 0.155. The Hall–Kier alpha value is -0.670. The molecule has 1 aromatic rings. The molecule has 1 aromatic carbocycles. The van der Waals surface area contributed by atoms with Crippen LogP contribution < -0.4 is 5.73 Å². The monoisotopic (exact) mass is 205 g/mol. The molecule has 0 radical (unpaired) electrons. The Morgan fingerprint density at radius 2 is 2.08 bits per heavy atom.